The van der Waals surface area contributed by atoms with Crippen LogP contribution in [0.2, 0.25) is 0 Å². The summed E-state index contributed by atoms with van der Waals surface area (Å²) in [5, 5.41) is 20.6. The molecule has 0 radical (unpaired) electrons. The number of aliphatic carboxylic acids is 1. The van der Waals surface area contributed by atoms with Crippen molar-refractivity contribution >= 4 is 22.6 Å². The zero-order valence-corrected chi connectivity index (χ0v) is 11.3. The minimum atomic E-state index is -1.03. The SMILES string of the molecule is COc1ccc([N+](=O)[O-])c2c(C(C)C(=O)O)cn(C)c12. The molecule has 0 aliphatic rings. The minimum absolute atomic E-state index is 0.121. The highest BCUT2D eigenvalue weighted by molar-refractivity contribution is 5.99. The number of nitro groups is 1. The lowest BCUT2D eigenvalue weighted by molar-refractivity contribution is -0.383. The number of ether oxygens (including phenoxy) is 1. The van der Waals surface area contributed by atoms with Gasteiger partial charge in [-0.25, -0.2) is 0 Å². The molecule has 0 aliphatic heterocycles. The summed E-state index contributed by atoms with van der Waals surface area (Å²) in [7, 11) is 3.17. The van der Waals surface area contributed by atoms with Crippen molar-refractivity contribution in [1.29, 1.82) is 0 Å². The van der Waals surface area contributed by atoms with Gasteiger partial charge < -0.3 is 14.4 Å². The number of fused-ring (bicyclic) bond motifs is 1. The highest BCUT2D eigenvalue weighted by atomic mass is 16.6. The average Bonchev–Trinajstić information content (AvgIpc) is 2.74. The summed E-state index contributed by atoms with van der Waals surface area (Å²) in [5.74, 6) is -1.41. The van der Waals surface area contributed by atoms with Crippen LogP contribution in [0.1, 0.15) is 18.4 Å². The van der Waals surface area contributed by atoms with Crippen LogP contribution in [-0.2, 0) is 11.8 Å². The Labute approximate surface area is 114 Å². The lowest BCUT2D eigenvalue weighted by Gasteiger charge is -2.07. The van der Waals surface area contributed by atoms with Crippen LogP contribution >= 0.6 is 0 Å². The summed E-state index contributed by atoms with van der Waals surface area (Å²) in [6.07, 6.45) is 1.60. The van der Waals surface area contributed by atoms with Gasteiger partial charge in [-0.15, -0.1) is 0 Å². The molecule has 2 aromatic rings. The van der Waals surface area contributed by atoms with Crippen LogP contribution in [0.3, 0.4) is 0 Å². The number of aryl methyl sites for hydroxylation is 1. The van der Waals surface area contributed by atoms with Gasteiger partial charge in [-0.2, -0.15) is 0 Å². The number of methoxy groups -OCH3 is 1. The fourth-order valence-electron chi connectivity index (χ4n) is 2.31. The van der Waals surface area contributed by atoms with Crippen molar-refractivity contribution in [3.63, 3.8) is 0 Å². The molecule has 0 saturated carbocycles. The maximum Gasteiger partial charge on any atom is 0.310 e. The zero-order valence-electron chi connectivity index (χ0n) is 11.3. The van der Waals surface area contributed by atoms with Gasteiger partial charge >= 0.3 is 5.97 Å². The predicted octanol–water partition coefficient (Wildman–Crippen LogP) is 2.28. The van der Waals surface area contributed by atoms with Gasteiger partial charge in [0.05, 0.1) is 28.9 Å². The van der Waals surface area contributed by atoms with Crippen molar-refractivity contribution in [2.24, 2.45) is 7.05 Å². The Balaban J connectivity index is 2.90. The lowest BCUT2D eigenvalue weighted by Crippen LogP contribution is -2.07. The van der Waals surface area contributed by atoms with E-state index in [1.807, 2.05) is 0 Å². The molecule has 1 N–H and O–H groups in total. The third-order valence-electron chi connectivity index (χ3n) is 3.35. The fourth-order valence-corrected chi connectivity index (χ4v) is 2.31. The Bertz CT molecular complexity index is 704. The Kier molecular flexibility index (Phi) is 3.35. The quantitative estimate of drug-likeness (QED) is 0.683. The summed E-state index contributed by atoms with van der Waals surface area (Å²) in [6, 6.07) is 2.84. The van der Waals surface area contributed by atoms with Crippen LogP contribution in [0.4, 0.5) is 5.69 Å². The molecule has 20 heavy (non-hydrogen) atoms. The van der Waals surface area contributed by atoms with E-state index >= 15 is 0 Å². The Morgan fingerprint density at radius 2 is 2.15 bits per heavy atom. The van der Waals surface area contributed by atoms with Crippen molar-refractivity contribution in [2.45, 2.75) is 12.8 Å². The first-order chi connectivity index (χ1) is 9.38. The van der Waals surface area contributed by atoms with Crippen LogP contribution in [0.25, 0.3) is 10.9 Å². The average molecular weight is 278 g/mol. The first-order valence-electron chi connectivity index (χ1n) is 5.91. The molecule has 0 bridgehead atoms. The molecular weight excluding hydrogens is 264 g/mol. The molecule has 0 aliphatic carbocycles. The molecule has 0 fully saturated rings. The molecule has 1 heterocycles. The minimum Gasteiger partial charge on any atom is -0.495 e. The van der Waals surface area contributed by atoms with Crippen molar-refractivity contribution in [3.8, 4) is 5.75 Å². The van der Waals surface area contributed by atoms with E-state index < -0.39 is 16.8 Å². The maximum atomic E-state index is 11.2. The van der Waals surface area contributed by atoms with Crippen molar-refractivity contribution in [1.82, 2.24) is 4.57 Å². The topological polar surface area (TPSA) is 94.6 Å². The van der Waals surface area contributed by atoms with Gasteiger partial charge in [-0.1, -0.05) is 0 Å². The summed E-state index contributed by atoms with van der Waals surface area (Å²) < 4.78 is 6.85. The number of hydrogen-bond donors (Lipinski definition) is 1. The number of nitro benzene ring substituents is 1. The van der Waals surface area contributed by atoms with Crippen LogP contribution in [0, 0.1) is 10.1 Å². The smallest absolute Gasteiger partial charge is 0.310 e. The van der Waals surface area contributed by atoms with Gasteiger partial charge in [0.25, 0.3) is 5.69 Å². The Morgan fingerprint density at radius 1 is 1.50 bits per heavy atom. The third kappa shape index (κ3) is 1.97. The second-order valence-corrected chi connectivity index (χ2v) is 4.52. The van der Waals surface area contributed by atoms with E-state index in [1.165, 1.54) is 26.2 Å². The lowest BCUT2D eigenvalue weighted by atomic mass is 9.99. The molecule has 1 unspecified atom stereocenters. The number of aromatic nitrogens is 1. The van der Waals surface area contributed by atoms with E-state index in [2.05, 4.69) is 0 Å². The molecule has 2 rings (SSSR count). The molecule has 0 amide bonds. The first-order valence-corrected chi connectivity index (χ1v) is 5.91. The van der Waals surface area contributed by atoms with E-state index in [0.29, 0.717) is 22.2 Å². The van der Waals surface area contributed by atoms with E-state index in [-0.39, 0.29) is 5.69 Å². The number of carbonyl (C=O) groups is 1. The number of non-ortho nitro benzene ring substituents is 1. The van der Waals surface area contributed by atoms with Crippen LogP contribution in [0.15, 0.2) is 18.3 Å². The predicted molar refractivity (Wildman–Crippen MR) is 72.2 cm³/mol. The maximum absolute atomic E-state index is 11.2. The monoisotopic (exact) mass is 278 g/mol. The van der Waals surface area contributed by atoms with Gasteiger partial charge in [0.1, 0.15) is 5.75 Å². The second kappa shape index (κ2) is 4.84. The van der Waals surface area contributed by atoms with Gasteiger partial charge in [-0.05, 0) is 18.6 Å². The van der Waals surface area contributed by atoms with Gasteiger partial charge in [0, 0.05) is 19.3 Å². The Hall–Kier alpha value is -2.57. The van der Waals surface area contributed by atoms with Gasteiger partial charge in [0.15, 0.2) is 0 Å². The van der Waals surface area contributed by atoms with Gasteiger partial charge in [-0.3, -0.25) is 14.9 Å². The van der Waals surface area contributed by atoms with E-state index in [0.717, 1.165) is 0 Å². The van der Waals surface area contributed by atoms with Crippen LogP contribution in [0.5, 0.6) is 5.75 Å². The second-order valence-electron chi connectivity index (χ2n) is 4.52. The Morgan fingerprint density at radius 3 is 2.65 bits per heavy atom. The molecule has 7 heteroatoms. The number of nitrogens with zero attached hydrogens (tertiary/aromatic N) is 2. The summed E-state index contributed by atoms with van der Waals surface area (Å²) in [5.41, 5.74) is 0.801. The van der Waals surface area contributed by atoms with Gasteiger partial charge in [0.2, 0.25) is 0 Å². The molecule has 0 spiro atoms. The van der Waals surface area contributed by atoms with E-state index in [1.54, 1.807) is 17.8 Å². The number of hydrogen-bond acceptors (Lipinski definition) is 4. The molecule has 7 nitrogen and oxygen atoms in total. The molecule has 0 saturated heterocycles. The molecule has 1 aromatic carbocycles. The highest BCUT2D eigenvalue weighted by Gasteiger charge is 2.27. The molecule has 1 aromatic heterocycles. The summed E-state index contributed by atoms with van der Waals surface area (Å²) in [4.78, 5) is 21.8. The van der Waals surface area contributed by atoms with Crippen molar-refractivity contribution < 1.29 is 19.6 Å². The summed E-state index contributed by atoms with van der Waals surface area (Å²) >= 11 is 0. The molecule has 1 atom stereocenters. The van der Waals surface area contributed by atoms with E-state index in [9.17, 15) is 14.9 Å². The van der Waals surface area contributed by atoms with E-state index in [4.69, 9.17) is 9.84 Å². The van der Waals surface area contributed by atoms with Crippen molar-refractivity contribution in [3.05, 3.63) is 34.0 Å². The normalized spacial score (nSPS) is 12.3. The number of carboxylic acid groups (broad SMARTS) is 1. The zero-order chi connectivity index (χ0) is 15.0. The largest absolute Gasteiger partial charge is 0.495 e. The fraction of sp³-hybridized carbons (Fsp3) is 0.308. The third-order valence-corrected chi connectivity index (χ3v) is 3.35. The number of benzene rings is 1. The summed E-state index contributed by atoms with van der Waals surface area (Å²) in [6.45, 7) is 1.50. The van der Waals surface area contributed by atoms with Crippen LogP contribution in [-0.4, -0.2) is 27.7 Å². The first kappa shape index (κ1) is 13.9. The molecular formula is C13H14N2O5. The van der Waals surface area contributed by atoms with Crippen molar-refractivity contribution in [2.75, 3.05) is 7.11 Å². The van der Waals surface area contributed by atoms with Crippen LogP contribution < -0.4 is 4.74 Å². The highest BCUT2D eigenvalue weighted by Crippen LogP contribution is 2.39. The number of carboxylic acids is 1. The number of rotatable bonds is 4. The standard InChI is InChI=1S/C13H14N2O5/c1-7(13(16)17)8-6-14(2)12-10(20-3)5-4-9(11(8)12)15(18)19/h4-7H,1-3H3,(H,16,17). The molecule has 106 valence electrons.